The summed E-state index contributed by atoms with van der Waals surface area (Å²) in [5.41, 5.74) is 0.858. The number of hydrogen-bond donors (Lipinski definition) is 2. The van der Waals surface area contributed by atoms with Crippen molar-refractivity contribution in [2.45, 2.75) is 19.4 Å². The van der Waals surface area contributed by atoms with Crippen LogP contribution in [0, 0.1) is 0 Å². The van der Waals surface area contributed by atoms with Crippen molar-refractivity contribution in [3.63, 3.8) is 0 Å². The first-order valence-electron chi connectivity index (χ1n) is 6.52. The van der Waals surface area contributed by atoms with Crippen molar-refractivity contribution in [2.75, 3.05) is 11.9 Å². The third-order valence-corrected chi connectivity index (χ3v) is 2.62. The molecular weight excluding hydrogens is 254 g/mol. The Bertz CT molecular complexity index is 518. The minimum atomic E-state index is 0.0198. The van der Waals surface area contributed by atoms with Crippen molar-refractivity contribution < 1.29 is 4.79 Å². The fourth-order valence-electron chi connectivity index (χ4n) is 1.62. The summed E-state index contributed by atoms with van der Waals surface area (Å²) in [7, 11) is 0. The summed E-state index contributed by atoms with van der Waals surface area (Å²) in [5, 5.41) is 5.90. The van der Waals surface area contributed by atoms with E-state index in [1.807, 2.05) is 18.2 Å². The highest BCUT2D eigenvalue weighted by Gasteiger charge is 2.01. The van der Waals surface area contributed by atoms with E-state index in [1.165, 1.54) is 0 Å². The standard InChI is InChI=1S/C14H17N5O/c20-13(19-11-12-5-1-2-7-15-12)6-3-8-16-14-17-9-4-10-18-14/h1-2,4-5,7,9-10H,3,6,8,11H2,(H,19,20)(H,16,17,18). The van der Waals surface area contributed by atoms with Crippen LogP contribution < -0.4 is 10.6 Å². The molecule has 0 unspecified atom stereocenters. The fraction of sp³-hybridized carbons (Fsp3) is 0.286. The molecule has 0 radical (unpaired) electrons. The van der Waals surface area contributed by atoms with Gasteiger partial charge in [0.2, 0.25) is 11.9 Å². The molecule has 0 aliphatic heterocycles. The molecule has 0 saturated heterocycles. The summed E-state index contributed by atoms with van der Waals surface area (Å²) < 4.78 is 0. The van der Waals surface area contributed by atoms with Gasteiger partial charge in [-0.25, -0.2) is 9.97 Å². The van der Waals surface area contributed by atoms with E-state index < -0.39 is 0 Å². The highest BCUT2D eigenvalue weighted by atomic mass is 16.1. The third-order valence-electron chi connectivity index (χ3n) is 2.62. The SMILES string of the molecule is O=C(CCCNc1ncccn1)NCc1ccccn1. The number of rotatable bonds is 7. The van der Waals surface area contributed by atoms with Gasteiger partial charge in [-0.15, -0.1) is 0 Å². The quantitative estimate of drug-likeness (QED) is 0.744. The van der Waals surface area contributed by atoms with Crippen LogP contribution in [0.15, 0.2) is 42.9 Å². The lowest BCUT2D eigenvalue weighted by molar-refractivity contribution is -0.121. The molecule has 2 heterocycles. The number of carbonyl (C=O) groups excluding carboxylic acids is 1. The summed E-state index contributed by atoms with van der Waals surface area (Å²) in [6, 6.07) is 7.39. The van der Waals surface area contributed by atoms with Crippen LogP contribution in [0.2, 0.25) is 0 Å². The Balaban J connectivity index is 1.59. The van der Waals surface area contributed by atoms with Crippen LogP contribution >= 0.6 is 0 Å². The lowest BCUT2D eigenvalue weighted by Gasteiger charge is -2.05. The monoisotopic (exact) mass is 271 g/mol. The Labute approximate surface area is 117 Å². The van der Waals surface area contributed by atoms with Crippen molar-refractivity contribution in [1.29, 1.82) is 0 Å². The Morgan fingerprint density at radius 3 is 2.60 bits per heavy atom. The largest absolute Gasteiger partial charge is 0.354 e. The molecule has 2 aromatic rings. The number of carbonyl (C=O) groups is 1. The number of nitrogens with zero attached hydrogens (tertiary/aromatic N) is 3. The molecule has 2 rings (SSSR count). The van der Waals surface area contributed by atoms with E-state index in [2.05, 4.69) is 25.6 Å². The molecule has 0 aliphatic carbocycles. The summed E-state index contributed by atoms with van der Waals surface area (Å²) in [4.78, 5) is 23.9. The van der Waals surface area contributed by atoms with E-state index in [0.717, 1.165) is 12.1 Å². The van der Waals surface area contributed by atoms with Gasteiger partial charge in [0, 0.05) is 31.6 Å². The fourth-order valence-corrected chi connectivity index (χ4v) is 1.62. The molecule has 104 valence electrons. The van der Waals surface area contributed by atoms with Crippen molar-refractivity contribution in [1.82, 2.24) is 20.3 Å². The van der Waals surface area contributed by atoms with Gasteiger partial charge in [-0.2, -0.15) is 0 Å². The zero-order valence-electron chi connectivity index (χ0n) is 11.1. The van der Waals surface area contributed by atoms with Crippen molar-refractivity contribution in [3.05, 3.63) is 48.5 Å². The Hall–Kier alpha value is -2.50. The van der Waals surface area contributed by atoms with Gasteiger partial charge < -0.3 is 10.6 Å². The Morgan fingerprint density at radius 2 is 1.85 bits per heavy atom. The van der Waals surface area contributed by atoms with Gasteiger partial charge in [-0.05, 0) is 24.6 Å². The highest BCUT2D eigenvalue weighted by molar-refractivity contribution is 5.75. The molecule has 2 N–H and O–H groups in total. The molecule has 0 atom stereocenters. The van der Waals surface area contributed by atoms with Crippen LogP contribution in [0.1, 0.15) is 18.5 Å². The molecular formula is C14H17N5O. The number of anilines is 1. The molecule has 6 heteroatoms. The molecule has 0 spiro atoms. The van der Waals surface area contributed by atoms with E-state index in [-0.39, 0.29) is 5.91 Å². The predicted octanol–water partition coefficient (Wildman–Crippen LogP) is 1.38. The van der Waals surface area contributed by atoms with Crippen molar-refractivity contribution in [2.24, 2.45) is 0 Å². The zero-order chi connectivity index (χ0) is 14.0. The second-order valence-electron chi connectivity index (χ2n) is 4.20. The molecule has 1 amide bonds. The van der Waals surface area contributed by atoms with Crippen LogP contribution in [-0.4, -0.2) is 27.4 Å². The van der Waals surface area contributed by atoms with Gasteiger partial charge in [0.05, 0.1) is 12.2 Å². The van der Waals surface area contributed by atoms with Gasteiger partial charge >= 0.3 is 0 Å². The summed E-state index contributed by atoms with van der Waals surface area (Å²) >= 11 is 0. The average Bonchev–Trinajstić information content (AvgIpc) is 2.52. The number of hydrogen-bond acceptors (Lipinski definition) is 5. The normalized spacial score (nSPS) is 10.0. The van der Waals surface area contributed by atoms with Crippen molar-refractivity contribution in [3.8, 4) is 0 Å². The van der Waals surface area contributed by atoms with E-state index in [4.69, 9.17) is 0 Å². The maximum absolute atomic E-state index is 11.6. The van der Waals surface area contributed by atoms with Crippen LogP contribution in [-0.2, 0) is 11.3 Å². The van der Waals surface area contributed by atoms with Crippen LogP contribution in [0.5, 0.6) is 0 Å². The maximum atomic E-state index is 11.6. The molecule has 6 nitrogen and oxygen atoms in total. The van der Waals surface area contributed by atoms with Crippen LogP contribution in [0.4, 0.5) is 5.95 Å². The summed E-state index contributed by atoms with van der Waals surface area (Å²) in [6.07, 6.45) is 6.26. The minimum absolute atomic E-state index is 0.0198. The van der Waals surface area contributed by atoms with Crippen molar-refractivity contribution >= 4 is 11.9 Å². The van der Waals surface area contributed by atoms with Gasteiger partial charge in [-0.3, -0.25) is 9.78 Å². The maximum Gasteiger partial charge on any atom is 0.222 e. The second kappa shape index (κ2) is 7.83. The van der Waals surface area contributed by atoms with E-state index in [0.29, 0.717) is 25.5 Å². The van der Waals surface area contributed by atoms with Crippen LogP contribution in [0.25, 0.3) is 0 Å². The van der Waals surface area contributed by atoms with E-state index in [9.17, 15) is 4.79 Å². The molecule has 0 aliphatic rings. The smallest absolute Gasteiger partial charge is 0.222 e. The van der Waals surface area contributed by atoms with E-state index in [1.54, 1.807) is 24.7 Å². The molecule has 0 fully saturated rings. The second-order valence-corrected chi connectivity index (χ2v) is 4.20. The average molecular weight is 271 g/mol. The van der Waals surface area contributed by atoms with Gasteiger partial charge in [0.25, 0.3) is 0 Å². The zero-order valence-corrected chi connectivity index (χ0v) is 11.1. The molecule has 0 saturated carbocycles. The summed E-state index contributed by atoms with van der Waals surface area (Å²) in [5.74, 6) is 0.604. The number of pyridine rings is 1. The number of aromatic nitrogens is 3. The van der Waals surface area contributed by atoms with Gasteiger partial charge in [0.15, 0.2) is 0 Å². The lowest BCUT2D eigenvalue weighted by atomic mass is 10.3. The third kappa shape index (κ3) is 5.01. The Morgan fingerprint density at radius 1 is 1.05 bits per heavy atom. The van der Waals surface area contributed by atoms with E-state index >= 15 is 0 Å². The molecule has 2 aromatic heterocycles. The molecule has 20 heavy (non-hydrogen) atoms. The number of amides is 1. The first-order chi connectivity index (χ1) is 9.84. The van der Waals surface area contributed by atoms with Crippen LogP contribution in [0.3, 0.4) is 0 Å². The molecule has 0 bridgehead atoms. The predicted molar refractivity (Wildman–Crippen MR) is 75.8 cm³/mol. The lowest BCUT2D eigenvalue weighted by Crippen LogP contribution is -2.23. The van der Waals surface area contributed by atoms with Gasteiger partial charge in [-0.1, -0.05) is 6.07 Å². The van der Waals surface area contributed by atoms with Gasteiger partial charge in [0.1, 0.15) is 0 Å². The Kier molecular flexibility index (Phi) is 5.45. The first-order valence-corrected chi connectivity index (χ1v) is 6.52. The molecule has 0 aromatic carbocycles. The first kappa shape index (κ1) is 13.9. The highest BCUT2D eigenvalue weighted by Crippen LogP contribution is 1.97. The minimum Gasteiger partial charge on any atom is -0.354 e. The topological polar surface area (TPSA) is 79.8 Å². The number of nitrogens with one attached hydrogen (secondary N) is 2. The summed E-state index contributed by atoms with van der Waals surface area (Å²) in [6.45, 7) is 1.13.